The summed E-state index contributed by atoms with van der Waals surface area (Å²) in [7, 11) is 0. The van der Waals surface area contributed by atoms with E-state index in [2.05, 4.69) is 16.1 Å². The molecule has 1 aliphatic rings. The number of thiazole rings is 1. The van der Waals surface area contributed by atoms with Gasteiger partial charge in [-0.05, 0) is 31.2 Å². The van der Waals surface area contributed by atoms with Crippen LogP contribution >= 0.6 is 11.3 Å². The van der Waals surface area contributed by atoms with Gasteiger partial charge in [0.25, 0.3) is 11.1 Å². The lowest BCUT2D eigenvalue weighted by molar-refractivity contribution is 0.0595. The summed E-state index contributed by atoms with van der Waals surface area (Å²) in [4.78, 5) is 19.5. The van der Waals surface area contributed by atoms with Crippen LogP contribution in [0.1, 0.15) is 28.9 Å². The van der Waals surface area contributed by atoms with Gasteiger partial charge in [-0.25, -0.2) is 9.67 Å². The number of fused-ring (bicyclic) bond motifs is 1. The Hall–Kier alpha value is -3.19. The molecule has 0 bridgehead atoms. The van der Waals surface area contributed by atoms with Gasteiger partial charge >= 0.3 is 0 Å². The minimum absolute atomic E-state index is 0.0353. The molecule has 0 radical (unpaired) electrons. The molecule has 4 aromatic rings. The van der Waals surface area contributed by atoms with Crippen molar-refractivity contribution < 1.29 is 9.53 Å². The third-order valence-electron chi connectivity index (χ3n) is 5.51. The van der Waals surface area contributed by atoms with Crippen molar-refractivity contribution in [3.63, 3.8) is 0 Å². The van der Waals surface area contributed by atoms with E-state index in [9.17, 15) is 4.79 Å². The van der Waals surface area contributed by atoms with Crippen molar-refractivity contribution in [1.29, 1.82) is 0 Å². The van der Waals surface area contributed by atoms with Crippen LogP contribution in [-0.2, 0) is 0 Å². The van der Waals surface area contributed by atoms with Crippen molar-refractivity contribution in [2.45, 2.75) is 25.9 Å². The molecule has 7 heteroatoms. The van der Waals surface area contributed by atoms with E-state index in [1.807, 2.05) is 65.0 Å². The molecule has 1 fully saturated rings. The third-order valence-corrected chi connectivity index (χ3v) is 6.44. The van der Waals surface area contributed by atoms with Gasteiger partial charge in [0.2, 0.25) is 0 Å². The Kier molecular flexibility index (Phi) is 4.96. The molecule has 0 N–H and O–H groups in total. The van der Waals surface area contributed by atoms with Crippen LogP contribution in [0.4, 0.5) is 0 Å². The zero-order valence-corrected chi connectivity index (χ0v) is 17.5. The molecule has 5 rings (SSSR count). The van der Waals surface area contributed by atoms with Crippen LogP contribution in [0.2, 0.25) is 0 Å². The lowest BCUT2D eigenvalue weighted by Crippen LogP contribution is -2.41. The summed E-state index contributed by atoms with van der Waals surface area (Å²) in [5.41, 5.74) is 3.44. The van der Waals surface area contributed by atoms with Crippen molar-refractivity contribution in [1.82, 2.24) is 19.7 Å². The number of aromatic nitrogens is 3. The second-order valence-corrected chi connectivity index (χ2v) is 8.44. The Morgan fingerprint density at radius 1 is 1.07 bits per heavy atom. The summed E-state index contributed by atoms with van der Waals surface area (Å²) in [6.07, 6.45) is 3.36. The second-order valence-electron chi connectivity index (χ2n) is 7.45. The van der Waals surface area contributed by atoms with Crippen LogP contribution in [0, 0.1) is 6.92 Å². The number of benzene rings is 2. The van der Waals surface area contributed by atoms with Crippen LogP contribution in [0.3, 0.4) is 0 Å². The summed E-state index contributed by atoms with van der Waals surface area (Å²) < 4.78 is 9.06. The molecule has 0 unspecified atom stereocenters. The number of rotatable bonds is 4. The number of nitrogens with zero attached hydrogens (tertiary/aromatic N) is 4. The number of piperidine rings is 1. The number of carbonyl (C=O) groups excluding carboxylic acids is 1. The first-order chi connectivity index (χ1) is 14.7. The van der Waals surface area contributed by atoms with Crippen molar-refractivity contribution in [3.05, 3.63) is 72.1 Å². The van der Waals surface area contributed by atoms with E-state index in [-0.39, 0.29) is 12.0 Å². The first-order valence-electron chi connectivity index (χ1n) is 10.1. The number of likely N-dealkylation sites (tertiary alicyclic amines) is 1. The second kappa shape index (κ2) is 7.91. The van der Waals surface area contributed by atoms with E-state index in [0.29, 0.717) is 23.8 Å². The molecule has 0 spiro atoms. The van der Waals surface area contributed by atoms with Crippen LogP contribution < -0.4 is 4.74 Å². The van der Waals surface area contributed by atoms with Crippen molar-refractivity contribution in [2.24, 2.45) is 0 Å². The van der Waals surface area contributed by atoms with Gasteiger partial charge in [0.05, 0.1) is 33.4 Å². The van der Waals surface area contributed by atoms with Gasteiger partial charge in [0, 0.05) is 25.9 Å². The monoisotopic (exact) mass is 418 g/mol. The largest absolute Gasteiger partial charge is 0.467 e. The molecule has 2 aromatic heterocycles. The highest BCUT2D eigenvalue weighted by Crippen LogP contribution is 2.29. The zero-order valence-electron chi connectivity index (χ0n) is 16.7. The maximum atomic E-state index is 13.1. The van der Waals surface area contributed by atoms with Crippen molar-refractivity contribution in [2.75, 3.05) is 13.1 Å². The number of ether oxygens (including phenoxy) is 1. The fourth-order valence-corrected chi connectivity index (χ4v) is 4.72. The summed E-state index contributed by atoms with van der Waals surface area (Å²) in [5, 5.41) is 5.14. The van der Waals surface area contributed by atoms with Gasteiger partial charge in [-0.1, -0.05) is 41.7 Å². The molecule has 0 atom stereocenters. The molecule has 2 aromatic carbocycles. The Morgan fingerprint density at radius 3 is 2.57 bits per heavy atom. The average molecular weight is 419 g/mol. The maximum Gasteiger partial charge on any atom is 0.274 e. The van der Waals surface area contributed by atoms with E-state index in [1.54, 1.807) is 17.5 Å². The molecule has 1 saturated heterocycles. The van der Waals surface area contributed by atoms with Gasteiger partial charge in [-0.2, -0.15) is 5.10 Å². The van der Waals surface area contributed by atoms with Crippen LogP contribution in [-0.4, -0.2) is 44.8 Å². The number of hydrogen-bond acceptors (Lipinski definition) is 5. The van der Waals surface area contributed by atoms with E-state index in [0.717, 1.165) is 34.4 Å². The predicted octanol–water partition coefficient (Wildman–Crippen LogP) is 4.47. The van der Waals surface area contributed by atoms with Crippen LogP contribution in [0.5, 0.6) is 5.19 Å². The molecular weight excluding hydrogens is 396 g/mol. The van der Waals surface area contributed by atoms with Crippen molar-refractivity contribution in [3.8, 4) is 10.9 Å². The molecule has 0 aliphatic carbocycles. The van der Waals surface area contributed by atoms with E-state index in [4.69, 9.17) is 4.74 Å². The highest BCUT2D eigenvalue weighted by molar-refractivity contribution is 7.20. The third kappa shape index (κ3) is 3.57. The predicted molar refractivity (Wildman–Crippen MR) is 117 cm³/mol. The Labute approximate surface area is 178 Å². The minimum atomic E-state index is 0.0353. The summed E-state index contributed by atoms with van der Waals surface area (Å²) in [5.74, 6) is 0.0353. The normalized spacial score (nSPS) is 14.9. The summed E-state index contributed by atoms with van der Waals surface area (Å²) in [6, 6.07) is 17.9. The van der Waals surface area contributed by atoms with Crippen LogP contribution in [0.15, 0.2) is 60.8 Å². The lowest BCUT2D eigenvalue weighted by atomic mass is 10.1. The highest BCUT2D eigenvalue weighted by Gasteiger charge is 2.27. The van der Waals surface area contributed by atoms with E-state index < -0.39 is 0 Å². The van der Waals surface area contributed by atoms with Gasteiger partial charge in [-0.15, -0.1) is 0 Å². The number of amides is 1. The Bertz CT molecular complexity index is 1140. The fourth-order valence-electron chi connectivity index (χ4n) is 3.84. The quantitative estimate of drug-likeness (QED) is 0.490. The van der Waals surface area contributed by atoms with Gasteiger partial charge in [0.1, 0.15) is 6.10 Å². The Balaban J connectivity index is 1.23. The van der Waals surface area contributed by atoms with E-state index >= 15 is 0 Å². The fraction of sp³-hybridized carbons (Fsp3) is 0.261. The number of hydrogen-bond donors (Lipinski definition) is 0. The standard InChI is InChI=1S/C23H22N4O2S/c1-16-19(15-24-27(16)17-7-3-2-4-8-17)22(28)26-13-11-18(12-14-26)29-23-25-20-9-5-6-10-21(20)30-23/h2-10,15,18H,11-14H2,1H3. The molecule has 6 nitrogen and oxygen atoms in total. The van der Waals surface area contributed by atoms with Gasteiger partial charge in [-0.3, -0.25) is 4.79 Å². The van der Waals surface area contributed by atoms with Crippen molar-refractivity contribution >= 4 is 27.5 Å². The van der Waals surface area contributed by atoms with Crippen LogP contribution in [0.25, 0.3) is 15.9 Å². The maximum absolute atomic E-state index is 13.1. The van der Waals surface area contributed by atoms with Gasteiger partial charge in [0.15, 0.2) is 0 Å². The first kappa shape index (κ1) is 18.8. The zero-order chi connectivity index (χ0) is 20.5. The average Bonchev–Trinajstić information content (AvgIpc) is 3.37. The smallest absolute Gasteiger partial charge is 0.274 e. The number of carbonyl (C=O) groups is 1. The van der Waals surface area contributed by atoms with Gasteiger partial charge < -0.3 is 9.64 Å². The molecule has 30 heavy (non-hydrogen) atoms. The molecule has 152 valence electrons. The lowest BCUT2D eigenvalue weighted by Gasteiger charge is -2.31. The summed E-state index contributed by atoms with van der Waals surface area (Å²) >= 11 is 1.57. The minimum Gasteiger partial charge on any atom is -0.467 e. The number of para-hydroxylation sites is 2. The molecule has 0 saturated carbocycles. The molecule has 1 amide bonds. The summed E-state index contributed by atoms with van der Waals surface area (Å²) in [6.45, 7) is 3.28. The molecular formula is C23H22N4O2S. The highest BCUT2D eigenvalue weighted by atomic mass is 32.1. The topological polar surface area (TPSA) is 60.3 Å². The SMILES string of the molecule is Cc1c(C(=O)N2CCC(Oc3nc4ccccc4s3)CC2)cnn1-c1ccccc1. The first-order valence-corrected chi connectivity index (χ1v) is 10.9. The molecule has 3 heterocycles. The molecule has 1 aliphatic heterocycles. The Morgan fingerprint density at radius 2 is 1.80 bits per heavy atom. The van der Waals surface area contributed by atoms with E-state index in [1.165, 1.54) is 0 Å².